The molecule has 0 amide bonds. The highest BCUT2D eigenvalue weighted by Gasteiger charge is 2.26. The summed E-state index contributed by atoms with van der Waals surface area (Å²) in [6.07, 6.45) is 2.10. The lowest BCUT2D eigenvalue weighted by Crippen LogP contribution is -2.34. The van der Waals surface area contributed by atoms with Crippen LogP contribution in [0.4, 0.5) is 8.78 Å². The van der Waals surface area contributed by atoms with Crippen LogP contribution in [-0.2, 0) is 0 Å². The first-order valence-corrected chi connectivity index (χ1v) is 10.9. The van der Waals surface area contributed by atoms with Crippen molar-refractivity contribution < 1.29 is 8.78 Å². The number of hydrogen-bond donors (Lipinski definition) is 1. The Balaban J connectivity index is -0.000000293. The van der Waals surface area contributed by atoms with E-state index in [4.69, 9.17) is 0 Å². The van der Waals surface area contributed by atoms with Crippen molar-refractivity contribution in [2.75, 3.05) is 17.8 Å². The summed E-state index contributed by atoms with van der Waals surface area (Å²) in [5.41, 5.74) is 4.34. The molecule has 0 fully saturated rings. The first-order valence-electron chi connectivity index (χ1n) is 8.48. The highest BCUT2D eigenvalue weighted by atomic mass is 32.2. The minimum Gasteiger partial charge on any atom is -0.272 e. The van der Waals surface area contributed by atoms with Crippen LogP contribution in [0.15, 0.2) is 35.2 Å². The molecular formula is C19H37F2NS2. The van der Waals surface area contributed by atoms with Gasteiger partial charge in [-0.3, -0.25) is 5.73 Å². The quantitative estimate of drug-likeness (QED) is 0.438. The first kappa shape index (κ1) is 28.5. The number of thioether (sulfide) groups is 2. The molecule has 0 saturated carbocycles. The van der Waals surface area contributed by atoms with Gasteiger partial charge in [-0.2, -0.15) is 20.5 Å². The lowest BCUT2D eigenvalue weighted by atomic mass is 10.2. The Bertz CT molecular complexity index is 337. The van der Waals surface area contributed by atoms with Crippen LogP contribution < -0.4 is 5.73 Å². The third kappa shape index (κ3) is 24.0. The van der Waals surface area contributed by atoms with Crippen LogP contribution in [0.25, 0.3) is 0 Å². The molecule has 0 aliphatic carbocycles. The summed E-state index contributed by atoms with van der Waals surface area (Å²) in [4.78, 5) is 1.38. The molecule has 0 saturated heterocycles. The molecule has 2 N–H and O–H groups in total. The van der Waals surface area contributed by atoms with E-state index in [1.165, 1.54) is 30.2 Å². The fourth-order valence-electron chi connectivity index (χ4n) is 0.780. The summed E-state index contributed by atoms with van der Waals surface area (Å²) in [7, 11) is 0. The first-order chi connectivity index (χ1) is 11.1. The molecule has 24 heavy (non-hydrogen) atoms. The van der Waals surface area contributed by atoms with E-state index in [-0.39, 0.29) is 0 Å². The van der Waals surface area contributed by atoms with Crippen molar-refractivity contribution in [3.8, 4) is 0 Å². The van der Waals surface area contributed by atoms with E-state index in [0.717, 1.165) is 5.92 Å². The summed E-state index contributed by atoms with van der Waals surface area (Å²) in [5, 5.41) is 0. The zero-order valence-electron chi connectivity index (χ0n) is 16.6. The monoisotopic (exact) mass is 381 g/mol. The number of nitrogens with two attached hydrogens (primary N) is 1. The van der Waals surface area contributed by atoms with Gasteiger partial charge in [-0.25, -0.2) is 0 Å². The molecule has 144 valence electrons. The largest absolute Gasteiger partial charge is 0.302 e. The molecule has 1 rings (SSSR count). The zero-order chi connectivity index (χ0) is 19.6. The zero-order valence-corrected chi connectivity index (χ0v) is 18.2. The molecule has 0 atom stereocenters. The molecule has 0 aliphatic heterocycles. The summed E-state index contributed by atoms with van der Waals surface area (Å²) in [6.45, 7) is 13.4. The van der Waals surface area contributed by atoms with Crippen LogP contribution in [0.3, 0.4) is 0 Å². The van der Waals surface area contributed by atoms with Gasteiger partial charge in [-0.1, -0.05) is 66.7 Å². The Morgan fingerprint density at radius 3 is 1.67 bits per heavy atom. The molecule has 1 nitrogen and oxygen atoms in total. The maximum atomic E-state index is 11.6. The summed E-state index contributed by atoms with van der Waals surface area (Å²) >= 11 is 3.78. The fourth-order valence-corrected chi connectivity index (χ4v) is 1.65. The van der Waals surface area contributed by atoms with Crippen LogP contribution in [0, 0.1) is 11.8 Å². The Morgan fingerprint density at radius 1 is 1.04 bits per heavy atom. The van der Waals surface area contributed by atoms with Gasteiger partial charge in [0.1, 0.15) is 0 Å². The highest BCUT2D eigenvalue weighted by molar-refractivity contribution is 7.99. The number of halogens is 2. The van der Waals surface area contributed by atoms with Crippen LogP contribution in [0.5, 0.6) is 0 Å². The smallest absolute Gasteiger partial charge is 0.272 e. The van der Waals surface area contributed by atoms with Crippen molar-refractivity contribution in [2.24, 2.45) is 17.6 Å². The number of benzene rings is 1. The average Bonchev–Trinajstić information content (AvgIpc) is 2.55. The van der Waals surface area contributed by atoms with Crippen molar-refractivity contribution in [3.05, 3.63) is 30.3 Å². The van der Waals surface area contributed by atoms with Gasteiger partial charge in [0.15, 0.2) is 0 Å². The van der Waals surface area contributed by atoms with Gasteiger partial charge in [-0.05, 0) is 30.1 Å². The van der Waals surface area contributed by atoms with Crippen LogP contribution in [0.2, 0.25) is 0 Å². The van der Waals surface area contributed by atoms with Crippen LogP contribution in [0.1, 0.15) is 48.5 Å². The van der Waals surface area contributed by atoms with Crippen molar-refractivity contribution in [3.63, 3.8) is 0 Å². The minimum absolute atomic E-state index is 0.757. The number of alkyl halides is 2. The van der Waals surface area contributed by atoms with Crippen molar-refractivity contribution in [2.45, 2.75) is 59.4 Å². The third-order valence-electron chi connectivity index (χ3n) is 2.38. The molecule has 0 heterocycles. The molecule has 5 heteroatoms. The summed E-state index contributed by atoms with van der Waals surface area (Å²) in [5.74, 6) is 2.47. The van der Waals surface area contributed by atoms with Gasteiger partial charge in [-0.15, -0.1) is 11.8 Å². The van der Waals surface area contributed by atoms with Gasteiger partial charge < -0.3 is 0 Å². The summed E-state index contributed by atoms with van der Waals surface area (Å²) in [6, 6.07) is 7.55. The Kier molecular flexibility index (Phi) is 22.7. The molecule has 0 aromatic heterocycles. The lowest BCUT2D eigenvalue weighted by Gasteiger charge is -2.12. The lowest BCUT2D eigenvalue weighted by molar-refractivity contribution is -0.0381. The normalized spacial score (nSPS) is 10.0. The van der Waals surface area contributed by atoms with E-state index in [9.17, 15) is 8.78 Å². The number of hydrogen-bond acceptors (Lipinski definition) is 3. The van der Waals surface area contributed by atoms with E-state index >= 15 is 0 Å². The molecule has 0 radical (unpaired) electrons. The molecule has 0 aliphatic rings. The maximum Gasteiger partial charge on any atom is 0.302 e. The molecule has 1 aromatic carbocycles. The Morgan fingerprint density at radius 2 is 1.42 bits per heavy atom. The fraction of sp³-hybridized carbons (Fsp3) is 0.684. The standard InChI is InChI=1S/C10H14S.C4H9F2N.C3H8S.C2H6/c1-9(2)8-11-10-6-4-3-5-7-10;1-3(2)4(5,6)7;1-3-4-2;1-2/h3-7,9H,8H2,1-2H3;3H,7H2,1-2H3;3H2,1-2H3;1-2H3. The van der Waals surface area contributed by atoms with E-state index in [1.54, 1.807) is 0 Å². The molecule has 1 aromatic rings. The second-order valence-corrected chi connectivity index (χ2v) is 7.67. The Labute approximate surface area is 157 Å². The molecule has 0 bridgehead atoms. The summed E-state index contributed by atoms with van der Waals surface area (Å²) < 4.78 is 23.2. The SMILES string of the molecule is CC.CC(C)C(N)(F)F.CC(C)CSc1ccccc1.CCSC. The number of rotatable bonds is 5. The van der Waals surface area contributed by atoms with Crippen LogP contribution in [-0.4, -0.2) is 23.8 Å². The second-order valence-electron chi connectivity index (χ2n) is 5.42. The van der Waals surface area contributed by atoms with Gasteiger partial charge in [0.2, 0.25) is 0 Å². The third-order valence-corrected chi connectivity index (χ3v) is 4.40. The predicted molar refractivity (Wildman–Crippen MR) is 111 cm³/mol. The Hall–Kier alpha value is -0.260. The molecule has 0 spiro atoms. The van der Waals surface area contributed by atoms with E-state index < -0.39 is 12.0 Å². The predicted octanol–water partition coefficient (Wildman–Crippen LogP) is 7.02. The topological polar surface area (TPSA) is 26.0 Å². The minimum atomic E-state index is -3.00. The van der Waals surface area contributed by atoms with Crippen molar-refractivity contribution in [1.29, 1.82) is 0 Å². The van der Waals surface area contributed by atoms with Gasteiger partial charge >= 0.3 is 6.05 Å². The van der Waals surface area contributed by atoms with E-state index in [2.05, 4.69) is 63.1 Å². The van der Waals surface area contributed by atoms with Gasteiger partial charge in [0, 0.05) is 16.6 Å². The highest BCUT2D eigenvalue weighted by Crippen LogP contribution is 2.19. The molecular weight excluding hydrogens is 344 g/mol. The van der Waals surface area contributed by atoms with E-state index in [0.29, 0.717) is 0 Å². The second kappa shape index (κ2) is 19.1. The average molecular weight is 382 g/mol. The van der Waals surface area contributed by atoms with Crippen LogP contribution >= 0.6 is 23.5 Å². The van der Waals surface area contributed by atoms with E-state index in [1.807, 2.05) is 37.4 Å². The van der Waals surface area contributed by atoms with Gasteiger partial charge in [0.05, 0.1) is 0 Å². The van der Waals surface area contributed by atoms with Crippen molar-refractivity contribution >= 4 is 23.5 Å². The molecule has 0 unspecified atom stereocenters. The maximum absolute atomic E-state index is 11.6. The van der Waals surface area contributed by atoms with Gasteiger partial charge in [0.25, 0.3) is 0 Å². The van der Waals surface area contributed by atoms with Crippen molar-refractivity contribution in [1.82, 2.24) is 0 Å².